The highest BCUT2D eigenvalue weighted by molar-refractivity contribution is 5.93. The van der Waals surface area contributed by atoms with Crippen LogP contribution in [0.15, 0.2) is 73.1 Å². The van der Waals surface area contributed by atoms with E-state index in [0.717, 1.165) is 47.0 Å². The van der Waals surface area contributed by atoms with Gasteiger partial charge in [-0.15, -0.1) is 0 Å². The molecule has 2 N–H and O–H groups in total. The monoisotopic (exact) mass is 497 g/mol. The summed E-state index contributed by atoms with van der Waals surface area (Å²) in [4.78, 5) is 19.5. The van der Waals surface area contributed by atoms with Crippen molar-refractivity contribution in [3.05, 3.63) is 84.2 Å². The lowest BCUT2D eigenvalue weighted by Crippen LogP contribution is -2.02. The molecule has 0 atom stereocenters. The molecule has 0 aliphatic heterocycles. The van der Waals surface area contributed by atoms with Crippen LogP contribution in [0.25, 0.3) is 23.1 Å². The zero-order valence-corrected chi connectivity index (χ0v) is 20.9. The average molecular weight is 498 g/mol. The normalized spacial score (nSPS) is 11.1. The summed E-state index contributed by atoms with van der Waals surface area (Å²) >= 11 is 0. The van der Waals surface area contributed by atoms with Gasteiger partial charge in [-0.05, 0) is 42.2 Å². The van der Waals surface area contributed by atoms with Crippen molar-refractivity contribution >= 4 is 40.5 Å². The molecule has 0 spiro atoms. The number of anilines is 2. The summed E-state index contributed by atoms with van der Waals surface area (Å²) in [6.45, 7) is 0.517. The van der Waals surface area contributed by atoms with E-state index in [-0.39, 0.29) is 6.42 Å². The topological polar surface area (TPSA) is 93.6 Å². The van der Waals surface area contributed by atoms with Gasteiger partial charge in [0.25, 0.3) is 0 Å². The number of nitrogens with zero attached hydrogens (tertiary/aromatic N) is 2. The Morgan fingerprint density at radius 3 is 2.35 bits per heavy atom. The van der Waals surface area contributed by atoms with Gasteiger partial charge in [0.15, 0.2) is 11.5 Å². The number of benzene rings is 3. The molecule has 1 heterocycles. The van der Waals surface area contributed by atoms with E-state index in [2.05, 4.69) is 51.7 Å². The fourth-order valence-corrected chi connectivity index (χ4v) is 3.92. The number of hydrogen-bond acceptors (Lipinski definition) is 6. The maximum Gasteiger partial charge on any atom is 0.303 e. The van der Waals surface area contributed by atoms with Gasteiger partial charge in [-0.25, -0.2) is 9.97 Å². The molecule has 0 unspecified atom stereocenters. The molecule has 0 saturated heterocycles. The van der Waals surface area contributed by atoms with Gasteiger partial charge >= 0.3 is 5.97 Å². The van der Waals surface area contributed by atoms with Crippen LogP contribution in [-0.4, -0.2) is 34.8 Å². The molecule has 1 aromatic heterocycles. The lowest BCUT2D eigenvalue weighted by Gasteiger charge is -2.14. The van der Waals surface area contributed by atoms with Crippen molar-refractivity contribution in [2.75, 3.05) is 19.0 Å². The minimum absolute atomic E-state index is 0.211. The minimum Gasteiger partial charge on any atom is -0.493 e. The summed E-state index contributed by atoms with van der Waals surface area (Å²) in [7, 11) is 1.61. The molecule has 0 saturated carbocycles. The standard InChI is InChI=1S/C30H31N3O4/c1-36-27-20-26-25(19-28(27)37-18-8-3-2-7-11-29(34)35)30(32-21-31-26)33-24-16-14-23(15-17-24)13-12-22-9-5-4-6-10-22/h4-6,9-10,12-17,19-21H,2-3,7-8,11,18H2,1H3,(H,34,35)(H,31,32,33)/b13-12+. The molecular formula is C30H31N3O4. The van der Waals surface area contributed by atoms with E-state index in [1.807, 2.05) is 42.5 Å². The number of ether oxygens (including phenoxy) is 2. The van der Waals surface area contributed by atoms with Gasteiger partial charge in [0.1, 0.15) is 12.1 Å². The van der Waals surface area contributed by atoms with E-state index in [4.69, 9.17) is 14.6 Å². The quantitative estimate of drug-likeness (QED) is 0.152. The molecule has 0 radical (unpaired) electrons. The summed E-state index contributed by atoms with van der Waals surface area (Å²) in [5, 5.41) is 13.0. The number of hydrogen-bond donors (Lipinski definition) is 2. The molecule has 7 heteroatoms. The van der Waals surface area contributed by atoms with E-state index in [9.17, 15) is 4.79 Å². The van der Waals surface area contributed by atoms with Gasteiger partial charge in [0.05, 0.1) is 19.2 Å². The first-order chi connectivity index (χ1) is 18.1. The lowest BCUT2D eigenvalue weighted by molar-refractivity contribution is -0.137. The number of fused-ring (bicyclic) bond motifs is 1. The molecule has 7 nitrogen and oxygen atoms in total. The number of carbonyl (C=O) groups is 1. The number of carboxylic acids is 1. The molecule has 0 fully saturated rings. The summed E-state index contributed by atoms with van der Waals surface area (Å²) in [5.41, 5.74) is 3.92. The van der Waals surface area contributed by atoms with E-state index in [1.165, 1.54) is 6.33 Å². The van der Waals surface area contributed by atoms with Crippen molar-refractivity contribution in [3.63, 3.8) is 0 Å². The highest BCUT2D eigenvalue weighted by Gasteiger charge is 2.12. The second kappa shape index (κ2) is 13.1. The van der Waals surface area contributed by atoms with Crippen molar-refractivity contribution in [2.24, 2.45) is 0 Å². The number of rotatable bonds is 13. The van der Waals surface area contributed by atoms with Crippen LogP contribution in [0.4, 0.5) is 11.5 Å². The highest BCUT2D eigenvalue weighted by atomic mass is 16.5. The van der Waals surface area contributed by atoms with Gasteiger partial charge in [-0.1, -0.05) is 67.5 Å². The third-order valence-electron chi connectivity index (χ3n) is 5.90. The van der Waals surface area contributed by atoms with Crippen molar-refractivity contribution in [2.45, 2.75) is 32.1 Å². The Balaban J connectivity index is 1.43. The predicted octanol–water partition coefficient (Wildman–Crippen LogP) is 6.97. The molecule has 0 bridgehead atoms. The Bertz CT molecular complexity index is 1340. The average Bonchev–Trinajstić information content (AvgIpc) is 2.92. The van der Waals surface area contributed by atoms with E-state index in [0.29, 0.717) is 30.3 Å². The maximum absolute atomic E-state index is 10.6. The van der Waals surface area contributed by atoms with Crippen LogP contribution in [0.1, 0.15) is 43.2 Å². The number of methoxy groups -OCH3 is 1. The first kappa shape index (κ1) is 25.7. The van der Waals surface area contributed by atoms with Gasteiger partial charge in [-0.3, -0.25) is 4.79 Å². The van der Waals surface area contributed by atoms with Crippen LogP contribution in [0.3, 0.4) is 0 Å². The second-order valence-electron chi connectivity index (χ2n) is 8.64. The molecule has 4 aromatic rings. The number of aliphatic carboxylic acids is 1. The summed E-state index contributed by atoms with van der Waals surface area (Å²) in [6, 6.07) is 22.1. The van der Waals surface area contributed by atoms with Gasteiger partial charge in [0, 0.05) is 23.6 Å². The third-order valence-corrected chi connectivity index (χ3v) is 5.90. The van der Waals surface area contributed by atoms with Crippen molar-refractivity contribution < 1.29 is 19.4 Å². The van der Waals surface area contributed by atoms with E-state index < -0.39 is 5.97 Å². The zero-order valence-electron chi connectivity index (χ0n) is 20.9. The summed E-state index contributed by atoms with van der Waals surface area (Å²) in [5.74, 6) is 1.16. The molecule has 0 aliphatic carbocycles. The van der Waals surface area contributed by atoms with E-state index >= 15 is 0 Å². The van der Waals surface area contributed by atoms with Crippen LogP contribution >= 0.6 is 0 Å². The van der Waals surface area contributed by atoms with Gasteiger partial charge in [-0.2, -0.15) is 0 Å². The molecule has 4 rings (SSSR count). The minimum atomic E-state index is -0.750. The molecule has 0 aliphatic rings. The van der Waals surface area contributed by atoms with Crippen LogP contribution in [0.2, 0.25) is 0 Å². The van der Waals surface area contributed by atoms with Gasteiger partial charge < -0.3 is 19.9 Å². The smallest absolute Gasteiger partial charge is 0.303 e. The van der Waals surface area contributed by atoms with Crippen LogP contribution in [-0.2, 0) is 4.79 Å². The summed E-state index contributed by atoms with van der Waals surface area (Å²) < 4.78 is 11.5. The Hall–Kier alpha value is -4.39. The number of nitrogens with one attached hydrogen (secondary N) is 1. The van der Waals surface area contributed by atoms with Crippen molar-refractivity contribution in [3.8, 4) is 11.5 Å². The Morgan fingerprint density at radius 2 is 1.62 bits per heavy atom. The molecule has 37 heavy (non-hydrogen) atoms. The molecule has 190 valence electrons. The second-order valence-corrected chi connectivity index (χ2v) is 8.64. The first-order valence-electron chi connectivity index (χ1n) is 12.4. The molecule has 0 amide bonds. The fourth-order valence-electron chi connectivity index (χ4n) is 3.92. The largest absolute Gasteiger partial charge is 0.493 e. The number of aromatic nitrogens is 2. The summed E-state index contributed by atoms with van der Waals surface area (Å²) in [6.07, 6.45) is 9.21. The zero-order chi connectivity index (χ0) is 25.9. The number of carboxylic acid groups (broad SMARTS) is 1. The predicted molar refractivity (Wildman–Crippen MR) is 147 cm³/mol. The van der Waals surface area contributed by atoms with Gasteiger partial charge in [0.2, 0.25) is 0 Å². The third kappa shape index (κ3) is 7.54. The Labute approximate surface area is 216 Å². The Morgan fingerprint density at radius 1 is 0.892 bits per heavy atom. The van der Waals surface area contributed by atoms with Crippen molar-refractivity contribution in [1.82, 2.24) is 9.97 Å². The Kier molecular flexibility index (Phi) is 9.07. The maximum atomic E-state index is 10.6. The SMILES string of the molecule is COc1cc2ncnc(Nc3ccc(/C=C/c4ccccc4)cc3)c2cc1OCCCCCCC(=O)O. The fraction of sp³-hybridized carbons (Fsp3) is 0.233. The van der Waals surface area contributed by atoms with Crippen molar-refractivity contribution in [1.29, 1.82) is 0 Å². The highest BCUT2D eigenvalue weighted by Crippen LogP contribution is 2.35. The molecular weight excluding hydrogens is 466 g/mol. The lowest BCUT2D eigenvalue weighted by atomic mass is 10.1. The first-order valence-corrected chi connectivity index (χ1v) is 12.4. The molecule has 3 aromatic carbocycles. The van der Waals surface area contributed by atoms with Crippen LogP contribution in [0.5, 0.6) is 11.5 Å². The number of unbranched alkanes of at least 4 members (excludes halogenated alkanes) is 3. The van der Waals surface area contributed by atoms with E-state index in [1.54, 1.807) is 7.11 Å². The van der Waals surface area contributed by atoms with Crippen LogP contribution < -0.4 is 14.8 Å². The van der Waals surface area contributed by atoms with Crippen LogP contribution in [0, 0.1) is 0 Å².